The predicted molar refractivity (Wildman–Crippen MR) is 133 cm³/mol. The van der Waals surface area contributed by atoms with Gasteiger partial charge in [0, 0.05) is 11.6 Å². The van der Waals surface area contributed by atoms with Gasteiger partial charge in [0.25, 0.3) is 5.91 Å². The number of ether oxygens (including phenoxy) is 1. The van der Waals surface area contributed by atoms with Crippen molar-refractivity contribution in [2.24, 2.45) is 0 Å². The summed E-state index contributed by atoms with van der Waals surface area (Å²) in [6.45, 7) is 6.37. The van der Waals surface area contributed by atoms with Gasteiger partial charge in [0.1, 0.15) is 17.9 Å². The highest BCUT2D eigenvalue weighted by atomic mass is 35.5. The largest absolute Gasteiger partial charge is 0.490 e. The molecule has 1 unspecified atom stereocenters. The second-order valence-corrected chi connectivity index (χ2v) is 8.74. The second kappa shape index (κ2) is 8.84. The Bertz CT molecular complexity index is 1470. The number of amides is 1. The Morgan fingerprint density at radius 2 is 1.88 bits per heavy atom. The number of carbonyl (C=O) groups is 1. The lowest BCUT2D eigenvalue weighted by Crippen LogP contribution is -2.29. The lowest BCUT2D eigenvalue weighted by Gasteiger charge is -2.25. The summed E-state index contributed by atoms with van der Waals surface area (Å²) in [6, 6.07) is 19.6. The van der Waals surface area contributed by atoms with E-state index in [-0.39, 0.29) is 17.1 Å². The maximum Gasteiger partial charge on any atom is 0.291 e. The summed E-state index contributed by atoms with van der Waals surface area (Å²) >= 11 is 6.16. The Morgan fingerprint density at radius 1 is 1.09 bits per heavy atom. The molecule has 4 aromatic rings. The monoisotopic (exact) mass is 471 g/mol. The lowest BCUT2D eigenvalue weighted by atomic mass is 9.98. The summed E-state index contributed by atoms with van der Waals surface area (Å²) in [7, 11) is 0. The van der Waals surface area contributed by atoms with E-state index in [1.165, 1.54) is 0 Å². The third kappa shape index (κ3) is 3.88. The van der Waals surface area contributed by atoms with E-state index >= 15 is 0 Å². The zero-order valence-electron chi connectivity index (χ0n) is 18.6. The topological polar surface area (TPSA) is 59.8 Å². The van der Waals surface area contributed by atoms with Gasteiger partial charge < -0.3 is 14.1 Å². The van der Waals surface area contributed by atoms with Crippen molar-refractivity contribution in [3.05, 3.63) is 123 Å². The number of nitrogens with zero attached hydrogens (tertiary/aromatic N) is 1. The molecule has 0 aliphatic carbocycles. The van der Waals surface area contributed by atoms with Gasteiger partial charge in [0.2, 0.25) is 5.76 Å². The third-order valence-corrected chi connectivity index (χ3v) is 6.18. The maximum absolute atomic E-state index is 13.7. The minimum atomic E-state index is -0.629. The van der Waals surface area contributed by atoms with Crippen LogP contribution in [0.25, 0.3) is 11.0 Å². The lowest BCUT2D eigenvalue weighted by molar-refractivity contribution is 0.0714. The molecule has 1 aliphatic rings. The number of halogens is 1. The fraction of sp³-hybridized carbons (Fsp3) is 0.143. The van der Waals surface area contributed by atoms with E-state index in [4.69, 9.17) is 20.8 Å². The van der Waals surface area contributed by atoms with Crippen LogP contribution in [0.4, 0.5) is 0 Å². The van der Waals surface area contributed by atoms with E-state index in [0.29, 0.717) is 40.5 Å². The summed E-state index contributed by atoms with van der Waals surface area (Å²) < 4.78 is 11.7. The van der Waals surface area contributed by atoms with Crippen LogP contribution < -0.4 is 10.2 Å². The van der Waals surface area contributed by atoms with Crippen molar-refractivity contribution >= 4 is 28.5 Å². The van der Waals surface area contributed by atoms with E-state index in [1.54, 1.807) is 29.2 Å². The molecule has 6 heteroatoms. The molecule has 5 nitrogen and oxygen atoms in total. The zero-order valence-corrected chi connectivity index (χ0v) is 19.3. The third-order valence-electron chi connectivity index (χ3n) is 5.94. The molecule has 170 valence electrons. The van der Waals surface area contributed by atoms with Crippen molar-refractivity contribution in [1.82, 2.24) is 4.90 Å². The fourth-order valence-corrected chi connectivity index (χ4v) is 4.49. The first-order chi connectivity index (χ1) is 16.5. The highest BCUT2D eigenvalue weighted by Gasteiger charge is 2.42. The number of benzene rings is 3. The van der Waals surface area contributed by atoms with E-state index in [1.807, 2.05) is 55.5 Å². The molecule has 3 aromatic carbocycles. The fourth-order valence-electron chi connectivity index (χ4n) is 4.32. The van der Waals surface area contributed by atoms with E-state index in [2.05, 4.69) is 6.58 Å². The van der Waals surface area contributed by atoms with Gasteiger partial charge in [-0.3, -0.25) is 9.59 Å². The van der Waals surface area contributed by atoms with Gasteiger partial charge >= 0.3 is 0 Å². The molecule has 1 amide bonds. The van der Waals surface area contributed by atoms with Crippen LogP contribution in [0.2, 0.25) is 5.02 Å². The van der Waals surface area contributed by atoms with Crippen LogP contribution in [0.1, 0.15) is 38.9 Å². The first-order valence-corrected chi connectivity index (χ1v) is 11.3. The average molecular weight is 472 g/mol. The molecule has 5 rings (SSSR count). The summed E-state index contributed by atoms with van der Waals surface area (Å²) in [5.74, 6) is 0.364. The minimum Gasteiger partial charge on any atom is -0.490 e. The van der Waals surface area contributed by atoms with Crippen molar-refractivity contribution < 1.29 is 13.9 Å². The first-order valence-electron chi connectivity index (χ1n) is 10.9. The maximum atomic E-state index is 13.7. The van der Waals surface area contributed by atoms with Crippen LogP contribution in [-0.2, 0) is 6.54 Å². The quantitative estimate of drug-likeness (QED) is 0.320. The molecule has 0 spiro atoms. The smallest absolute Gasteiger partial charge is 0.291 e. The Hall–Kier alpha value is -3.83. The van der Waals surface area contributed by atoms with Gasteiger partial charge in [-0.05, 0) is 48.4 Å². The summed E-state index contributed by atoms with van der Waals surface area (Å²) in [5, 5.41) is 0.775. The standard InChI is InChI=1S/C28H22ClNO4/c1-3-13-33-21-6-4-5-19(14-21)25-24-26(31)22-15-20(29)11-12-23(22)34-27(24)28(32)30(25)16-18-9-7-17(2)8-10-18/h3-12,14-15,25H,1,13,16H2,2H3. The molecule has 34 heavy (non-hydrogen) atoms. The van der Waals surface area contributed by atoms with Crippen LogP contribution in [0.5, 0.6) is 5.75 Å². The molecule has 0 radical (unpaired) electrons. The van der Waals surface area contributed by atoms with E-state index < -0.39 is 6.04 Å². The molecule has 2 heterocycles. The van der Waals surface area contributed by atoms with Gasteiger partial charge in [-0.1, -0.05) is 66.2 Å². The van der Waals surface area contributed by atoms with E-state index in [9.17, 15) is 9.59 Å². The molecule has 0 bridgehead atoms. The molecule has 1 aliphatic heterocycles. The number of carbonyl (C=O) groups excluding carboxylic acids is 1. The van der Waals surface area contributed by atoms with Gasteiger partial charge in [0.05, 0.1) is 17.0 Å². The molecule has 0 saturated carbocycles. The average Bonchev–Trinajstić information content (AvgIpc) is 3.11. The van der Waals surface area contributed by atoms with Crippen molar-refractivity contribution in [2.75, 3.05) is 6.61 Å². The molecule has 0 saturated heterocycles. The number of hydrogen-bond donors (Lipinski definition) is 0. The number of hydrogen-bond acceptors (Lipinski definition) is 4. The Morgan fingerprint density at radius 3 is 2.65 bits per heavy atom. The van der Waals surface area contributed by atoms with Crippen LogP contribution in [-0.4, -0.2) is 17.4 Å². The van der Waals surface area contributed by atoms with Crippen LogP contribution in [0.3, 0.4) is 0 Å². The van der Waals surface area contributed by atoms with E-state index in [0.717, 1.165) is 16.7 Å². The van der Waals surface area contributed by atoms with Gasteiger partial charge in [-0.15, -0.1) is 0 Å². The molecule has 1 aromatic heterocycles. The predicted octanol–water partition coefficient (Wildman–Crippen LogP) is 6.07. The first kappa shape index (κ1) is 22.0. The van der Waals surface area contributed by atoms with Crippen molar-refractivity contribution in [2.45, 2.75) is 19.5 Å². The van der Waals surface area contributed by atoms with Gasteiger partial charge in [-0.2, -0.15) is 0 Å². The highest BCUT2D eigenvalue weighted by molar-refractivity contribution is 6.31. The molecule has 0 N–H and O–H groups in total. The van der Waals surface area contributed by atoms with Gasteiger partial charge in [0.15, 0.2) is 5.43 Å². The van der Waals surface area contributed by atoms with Crippen LogP contribution in [0, 0.1) is 6.92 Å². The van der Waals surface area contributed by atoms with Crippen LogP contribution >= 0.6 is 11.6 Å². The second-order valence-electron chi connectivity index (χ2n) is 8.31. The Labute approximate surface area is 201 Å². The molecular formula is C28H22ClNO4. The molecule has 1 atom stereocenters. The van der Waals surface area contributed by atoms with Crippen molar-refractivity contribution in [3.63, 3.8) is 0 Å². The van der Waals surface area contributed by atoms with Crippen molar-refractivity contribution in [3.8, 4) is 5.75 Å². The minimum absolute atomic E-state index is 0.0642. The van der Waals surface area contributed by atoms with Crippen molar-refractivity contribution in [1.29, 1.82) is 0 Å². The normalized spacial score (nSPS) is 14.9. The van der Waals surface area contributed by atoms with Gasteiger partial charge in [-0.25, -0.2) is 0 Å². The molecule has 0 fully saturated rings. The Balaban J connectivity index is 1.69. The highest BCUT2D eigenvalue weighted by Crippen LogP contribution is 2.40. The SMILES string of the molecule is C=CCOc1cccc(C2c3c(oc4ccc(Cl)cc4c3=O)C(=O)N2Cc2ccc(C)cc2)c1. The molecular weight excluding hydrogens is 450 g/mol. The summed E-state index contributed by atoms with van der Waals surface area (Å²) in [6.07, 6.45) is 1.66. The Kier molecular flexibility index (Phi) is 5.72. The van der Waals surface area contributed by atoms with Crippen LogP contribution in [0.15, 0.2) is 88.6 Å². The number of aryl methyl sites for hydroxylation is 1. The summed E-state index contributed by atoms with van der Waals surface area (Å²) in [5.41, 5.74) is 3.22. The number of fused-ring (bicyclic) bond motifs is 2. The zero-order chi connectivity index (χ0) is 23.8. The summed E-state index contributed by atoms with van der Waals surface area (Å²) in [4.78, 5) is 28.9. The number of rotatable bonds is 6.